The van der Waals surface area contributed by atoms with Crippen LogP contribution in [0.2, 0.25) is 0 Å². The summed E-state index contributed by atoms with van der Waals surface area (Å²) in [6.45, 7) is 5.66. The van der Waals surface area contributed by atoms with Crippen LogP contribution in [0.5, 0.6) is 0 Å². The summed E-state index contributed by atoms with van der Waals surface area (Å²) >= 11 is 3.54. The molecule has 1 atom stereocenters. The molecular formula is C15H22BrN3. The lowest BCUT2D eigenvalue weighted by Gasteiger charge is -2.31. The fraction of sp³-hybridized carbons (Fsp3) is 0.667. The third-order valence-electron chi connectivity index (χ3n) is 4.17. The molecule has 1 N–H and O–H groups in total. The van der Waals surface area contributed by atoms with Gasteiger partial charge < -0.3 is 10.2 Å². The van der Waals surface area contributed by atoms with Crippen LogP contribution in [0.15, 0.2) is 16.7 Å². The minimum atomic E-state index is 0.731. The Hall–Kier alpha value is -0.610. The lowest BCUT2D eigenvalue weighted by Crippen LogP contribution is -2.39. The Morgan fingerprint density at radius 1 is 1.42 bits per heavy atom. The number of pyridine rings is 1. The van der Waals surface area contributed by atoms with E-state index >= 15 is 0 Å². The molecule has 4 heteroatoms. The second-order valence-electron chi connectivity index (χ2n) is 5.89. The first kappa shape index (κ1) is 13.4. The van der Waals surface area contributed by atoms with Crippen molar-refractivity contribution >= 4 is 21.7 Å². The molecule has 1 aliphatic carbocycles. The minimum absolute atomic E-state index is 0.731. The molecule has 104 valence electrons. The van der Waals surface area contributed by atoms with E-state index in [1.54, 1.807) is 0 Å². The van der Waals surface area contributed by atoms with Crippen molar-refractivity contribution < 1.29 is 0 Å². The average molecular weight is 324 g/mol. The van der Waals surface area contributed by atoms with Crippen LogP contribution in [0.3, 0.4) is 0 Å². The third-order valence-corrected chi connectivity index (χ3v) is 5.00. The number of anilines is 1. The summed E-state index contributed by atoms with van der Waals surface area (Å²) in [6, 6.07) is 2.95. The molecule has 1 aromatic heterocycles. The van der Waals surface area contributed by atoms with E-state index in [4.69, 9.17) is 0 Å². The maximum absolute atomic E-state index is 4.62. The van der Waals surface area contributed by atoms with Crippen molar-refractivity contribution in [2.45, 2.75) is 38.6 Å². The molecule has 0 spiro atoms. The fourth-order valence-electron chi connectivity index (χ4n) is 2.86. The zero-order valence-electron chi connectivity index (χ0n) is 11.5. The lowest BCUT2D eigenvalue weighted by molar-refractivity contribution is 0.375. The van der Waals surface area contributed by atoms with Gasteiger partial charge in [0, 0.05) is 23.3 Å². The van der Waals surface area contributed by atoms with Gasteiger partial charge in [-0.15, -0.1) is 0 Å². The quantitative estimate of drug-likeness (QED) is 0.922. The molecule has 0 bridgehead atoms. The summed E-state index contributed by atoms with van der Waals surface area (Å²) in [5.41, 5.74) is 1.28. The smallest absolute Gasteiger partial charge is 0.129 e. The number of hydrogen-bond donors (Lipinski definition) is 1. The summed E-state index contributed by atoms with van der Waals surface area (Å²) in [6.07, 6.45) is 7.27. The fourth-order valence-corrected chi connectivity index (χ4v) is 3.07. The molecule has 0 radical (unpaired) electrons. The Labute approximate surface area is 123 Å². The van der Waals surface area contributed by atoms with E-state index in [1.807, 2.05) is 6.20 Å². The normalized spacial score (nSPS) is 23.4. The summed E-state index contributed by atoms with van der Waals surface area (Å²) in [5.74, 6) is 1.94. The van der Waals surface area contributed by atoms with Crippen molar-refractivity contribution in [1.29, 1.82) is 0 Å². The zero-order valence-corrected chi connectivity index (χ0v) is 13.1. The van der Waals surface area contributed by atoms with Gasteiger partial charge in [0.2, 0.25) is 0 Å². The van der Waals surface area contributed by atoms with Crippen LogP contribution in [0.4, 0.5) is 5.82 Å². The van der Waals surface area contributed by atoms with Gasteiger partial charge in [-0.2, -0.15) is 0 Å². The number of hydrogen-bond acceptors (Lipinski definition) is 3. The van der Waals surface area contributed by atoms with Gasteiger partial charge in [0.15, 0.2) is 0 Å². The first-order valence-electron chi connectivity index (χ1n) is 7.33. The first-order chi connectivity index (χ1) is 9.24. The molecule has 1 saturated carbocycles. The van der Waals surface area contributed by atoms with Crippen molar-refractivity contribution in [1.82, 2.24) is 10.3 Å². The monoisotopic (exact) mass is 323 g/mol. The van der Waals surface area contributed by atoms with E-state index in [-0.39, 0.29) is 0 Å². The maximum Gasteiger partial charge on any atom is 0.129 e. The summed E-state index contributed by atoms with van der Waals surface area (Å²) in [4.78, 5) is 7.16. The molecule has 1 saturated heterocycles. The van der Waals surface area contributed by atoms with Crippen LogP contribution in [0, 0.1) is 12.8 Å². The Morgan fingerprint density at radius 3 is 2.89 bits per heavy atom. The summed E-state index contributed by atoms with van der Waals surface area (Å²) in [5, 5.41) is 3.52. The SMILES string of the molecule is Cc1cc(N(CC2CCCNC2)C2CC2)ncc1Br. The minimum Gasteiger partial charge on any atom is -0.353 e. The number of nitrogens with zero attached hydrogens (tertiary/aromatic N) is 2. The van der Waals surface area contributed by atoms with E-state index in [0.29, 0.717) is 0 Å². The van der Waals surface area contributed by atoms with E-state index in [9.17, 15) is 0 Å². The lowest BCUT2D eigenvalue weighted by atomic mass is 9.99. The van der Waals surface area contributed by atoms with Gasteiger partial charge in [0.05, 0.1) is 0 Å². The van der Waals surface area contributed by atoms with Gasteiger partial charge in [0.1, 0.15) is 5.82 Å². The molecule has 0 amide bonds. The van der Waals surface area contributed by atoms with Gasteiger partial charge in [-0.05, 0) is 79.2 Å². The maximum atomic E-state index is 4.62. The molecule has 1 unspecified atom stereocenters. The second kappa shape index (κ2) is 5.80. The molecule has 2 aliphatic rings. The van der Waals surface area contributed by atoms with E-state index in [2.05, 4.69) is 44.1 Å². The number of aromatic nitrogens is 1. The molecule has 1 aliphatic heterocycles. The molecule has 19 heavy (non-hydrogen) atoms. The van der Waals surface area contributed by atoms with Crippen molar-refractivity contribution in [3.8, 4) is 0 Å². The highest BCUT2D eigenvalue weighted by atomic mass is 79.9. The van der Waals surface area contributed by atoms with Crippen LogP contribution in [0.25, 0.3) is 0 Å². The molecule has 3 rings (SSSR count). The Morgan fingerprint density at radius 2 is 2.26 bits per heavy atom. The zero-order chi connectivity index (χ0) is 13.2. The van der Waals surface area contributed by atoms with Crippen LogP contribution >= 0.6 is 15.9 Å². The highest BCUT2D eigenvalue weighted by molar-refractivity contribution is 9.10. The number of piperidine rings is 1. The van der Waals surface area contributed by atoms with Crippen molar-refractivity contribution in [2.24, 2.45) is 5.92 Å². The van der Waals surface area contributed by atoms with E-state index < -0.39 is 0 Å². The highest BCUT2D eigenvalue weighted by Crippen LogP contribution is 2.33. The largest absolute Gasteiger partial charge is 0.353 e. The van der Waals surface area contributed by atoms with Crippen LogP contribution in [-0.4, -0.2) is 30.7 Å². The predicted octanol–water partition coefficient (Wildman–Crippen LogP) is 3.12. The van der Waals surface area contributed by atoms with Crippen molar-refractivity contribution in [3.63, 3.8) is 0 Å². The van der Waals surface area contributed by atoms with Gasteiger partial charge in [-0.25, -0.2) is 4.98 Å². The number of nitrogens with one attached hydrogen (secondary N) is 1. The molecular weight excluding hydrogens is 302 g/mol. The van der Waals surface area contributed by atoms with Gasteiger partial charge in [-0.1, -0.05) is 0 Å². The highest BCUT2D eigenvalue weighted by Gasteiger charge is 2.32. The molecule has 0 aromatic carbocycles. The Kier molecular flexibility index (Phi) is 4.08. The number of halogens is 1. The molecule has 2 fully saturated rings. The second-order valence-corrected chi connectivity index (χ2v) is 6.74. The Bertz CT molecular complexity index is 439. The first-order valence-corrected chi connectivity index (χ1v) is 8.13. The topological polar surface area (TPSA) is 28.2 Å². The molecule has 1 aromatic rings. The van der Waals surface area contributed by atoms with Crippen LogP contribution < -0.4 is 10.2 Å². The van der Waals surface area contributed by atoms with Crippen LogP contribution in [-0.2, 0) is 0 Å². The summed E-state index contributed by atoms with van der Waals surface area (Å²) in [7, 11) is 0. The van der Waals surface area contributed by atoms with E-state index in [1.165, 1.54) is 44.3 Å². The van der Waals surface area contributed by atoms with Gasteiger partial charge >= 0.3 is 0 Å². The standard InChI is InChI=1S/C15H22BrN3/c1-11-7-15(18-9-14(11)16)19(13-4-5-13)10-12-3-2-6-17-8-12/h7,9,12-13,17H,2-6,8,10H2,1H3. The van der Waals surface area contributed by atoms with E-state index in [0.717, 1.165) is 28.8 Å². The Balaban J connectivity index is 1.74. The number of aryl methyl sites for hydroxylation is 1. The van der Waals surface area contributed by atoms with Crippen LogP contribution in [0.1, 0.15) is 31.2 Å². The third kappa shape index (κ3) is 3.29. The van der Waals surface area contributed by atoms with Gasteiger partial charge in [0.25, 0.3) is 0 Å². The van der Waals surface area contributed by atoms with Crippen molar-refractivity contribution in [3.05, 3.63) is 22.3 Å². The average Bonchev–Trinajstić information content (AvgIpc) is 3.25. The summed E-state index contributed by atoms with van der Waals surface area (Å²) < 4.78 is 1.10. The molecule has 2 heterocycles. The van der Waals surface area contributed by atoms with Gasteiger partial charge in [-0.3, -0.25) is 0 Å². The van der Waals surface area contributed by atoms with Crippen molar-refractivity contribution in [2.75, 3.05) is 24.5 Å². The molecule has 3 nitrogen and oxygen atoms in total. The number of rotatable bonds is 4. The predicted molar refractivity (Wildman–Crippen MR) is 82.6 cm³/mol.